The molecule has 35 heavy (non-hydrogen) atoms. The summed E-state index contributed by atoms with van der Waals surface area (Å²) in [7, 11) is -1.10. The Morgan fingerprint density at radius 3 is 1.80 bits per heavy atom. The van der Waals surface area contributed by atoms with E-state index in [0.29, 0.717) is 23.5 Å². The third-order valence-corrected chi connectivity index (χ3v) is 4.49. The molecule has 0 saturated carbocycles. The molecule has 2 rings (SSSR count). The molecule has 1 unspecified atom stereocenters. The third kappa shape index (κ3) is 17.4. The van der Waals surface area contributed by atoms with Crippen molar-refractivity contribution in [1.29, 1.82) is 0 Å². The van der Waals surface area contributed by atoms with Gasteiger partial charge in [0.15, 0.2) is 11.0 Å². The Bertz CT molecular complexity index is 805. The molecule has 0 aliphatic rings. The van der Waals surface area contributed by atoms with Gasteiger partial charge in [-0.2, -0.15) is 0 Å². The van der Waals surface area contributed by atoms with Crippen LogP contribution in [0.5, 0.6) is 0 Å². The van der Waals surface area contributed by atoms with Crippen LogP contribution in [0.25, 0.3) is 6.08 Å². The van der Waals surface area contributed by atoms with Crippen molar-refractivity contribution in [2.45, 2.75) is 88.0 Å². The lowest BCUT2D eigenvalue weighted by Gasteiger charge is -2.06. The summed E-state index contributed by atoms with van der Waals surface area (Å²) in [6.07, 6.45) is 2.48. The first-order valence-corrected chi connectivity index (χ1v) is 12.9. The summed E-state index contributed by atoms with van der Waals surface area (Å²) in [4.78, 5) is 26.7. The lowest BCUT2D eigenvalue weighted by atomic mass is 10.2. The van der Waals surface area contributed by atoms with Gasteiger partial charge in [-0.25, -0.2) is 4.21 Å². The number of amides is 2. The molecule has 0 spiro atoms. The molecule has 0 bridgehead atoms. The quantitative estimate of drug-likeness (QED) is 0.364. The molecule has 0 fully saturated rings. The van der Waals surface area contributed by atoms with Gasteiger partial charge in [0.05, 0.1) is 12.1 Å². The number of hydrogen-bond donors (Lipinski definition) is 3. The number of anilines is 1. The molecular formula is C27H50FN3O3S. The monoisotopic (exact) mass is 515 g/mol. The number of rotatable bonds is 6. The van der Waals surface area contributed by atoms with Crippen molar-refractivity contribution in [3.63, 3.8) is 0 Å². The highest BCUT2D eigenvalue weighted by atomic mass is 32.2. The second kappa shape index (κ2) is 29.3. The van der Waals surface area contributed by atoms with E-state index in [1.54, 1.807) is 36.4 Å². The summed E-state index contributed by atoms with van der Waals surface area (Å²) >= 11 is 0. The van der Waals surface area contributed by atoms with Crippen molar-refractivity contribution >= 4 is 34.6 Å². The molecule has 2 aromatic rings. The van der Waals surface area contributed by atoms with Crippen LogP contribution >= 0.6 is 0 Å². The summed E-state index contributed by atoms with van der Waals surface area (Å²) in [6, 6.07) is 8.18. The third-order valence-electron chi connectivity index (χ3n) is 3.31. The van der Waals surface area contributed by atoms with Crippen molar-refractivity contribution in [2.24, 2.45) is 0 Å². The van der Waals surface area contributed by atoms with Crippen molar-refractivity contribution in [1.82, 2.24) is 9.71 Å². The molecule has 2 amide bonds. The fraction of sp³-hybridized carbons (Fsp3) is 0.481. The number of H-pyrrole nitrogens is 1. The molecule has 204 valence electrons. The average molecular weight is 516 g/mol. The topological polar surface area (TPSA) is 91.1 Å². The minimum Gasteiger partial charge on any atom is -0.354 e. The number of aryl methyl sites for hydroxylation is 1. The van der Waals surface area contributed by atoms with E-state index in [0.717, 1.165) is 17.7 Å². The molecule has 6 nitrogen and oxygen atoms in total. The molecule has 1 atom stereocenters. The summed E-state index contributed by atoms with van der Waals surface area (Å²) < 4.78 is 23.6. The van der Waals surface area contributed by atoms with Crippen LogP contribution in [0.1, 0.15) is 98.4 Å². The van der Waals surface area contributed by atoms with Crippen LogP contribution in [0, 0.1) is 0 Å². The van der Waals surface area contributed by atoms with Crippen molar-refractivity contribution in [2.75, 3.05) is 12.5 Å². The fourth-order valence-electron chi connectivity index (χ4n) is 2.16. The number of carbonyl (C=O) groups is 2. The smallest absolute Gasteiger partial charge is 0.272 e. The molecule has 0 aliphatic carbocycles. The highest BCUT2D eigenvalue weighted by Gasteiger charge is 2.12. The van der Waals surface area contributed by atoms with Crippen molar-refractivity contribution in [3.05, 3.63) is 53.9 Å². The van der Waals surface area contributed by atoms with E-state index in [2.05, 4.69) is 21.6 Å². The van der Waals surface area contributed by atoms with Gasteiger partial charge in [-0.3, -0.25) is 18.7 Å². The van der Waals surface area contributed by atoms with Gasteiger partial charge in [-0.15, -0.1) is 0 Å². The Morgan fingerprint density at radius 2 is 1.46 bits per heavy atom. The van der Waals surface area contributed by atoms with E-state index in [1.165, 1.54) is 6.92 Å². The Morgan fingerprint density at radius 1 is 1.00 bits per heavy atom. The van der Waals surface area contributed by atoms with Gasteiger partial charge in [0.2, 0.25) is 5.91 Å². The van der Waals surface area contributed by atoms with Gasteiger partial charge in [0.25, 0.3) is 5.91 Å². The fourth-order valence-corrected chi connectivity index (χ4v) is 2.92. The first-order chi connectivity index (χ1) is 16.4. The highest BCUT2D eigenvalue weighted by molar-refractivity contribution is 7.83. The van der Waals surface area contributed by atoms with Crippen LogP contribution in [0.4, 0.5) is 10.1 Å². The van der Waals surface area contributed by atoms with Crippen LogP contribution in [0.3, 0.4) is 0 Å². The Hall–Kier alpha value is -2.74. The molecule has 8 heteroatoms. The standard InChI is InChI=1S/C17H19N3O3S.4C2H6.CH3F.CH4/c1-4-12-10-16(19-15(12)5-2)17(22)18-13-6-8-14(9-7-13)24(23)20-11(3)21;5*1-2;/h4,6-10,19H,1,5H2,2-3H3,(H,18,22)(H,20,21);4*1-2H3;1H3;1H4. The van der Waals surface area contributed by atoms with Crippen LogP contribution in [-0.4, -0.2) is 28.2 Å². The number of halogens is 1. The zero-order valence-corrected chi connectivity index (χ0v) is 23.7. The normalized spacial score (nSPS) is 8.80. The van der Waals surface area contributed by atoms with E-state index in [1.807, 2.05) is 62.3 Å². The molecule has 1 heterocycles. The van der Waals surface area contributed by atoms with Crippen LogP contribution in [-0.2, 0) is 22.2 Å². The predicted molar refractivity (Wildman–Crippen MR) is 154 cm³/mol. The minimum absolute atomic E-state index is 0. The maximum atomic E-state index is 12.3. The zero-order chi connectivity index (χ0) is 27.7. The first kappa shape index (κ1) is 42.4. The number of aromatic amines is 1. The van der Waals surface area contributed by atoms with Crippen LogP contribution < -0.4 is 10.0 Å². The van der Waals surface area contributed by atoms with E-state index >= 15 is 0 Å². The van der Waals surface area contributed by atoms with Crippen molar-refractivity contribution < 1.29 is 18.2 Å². The molecule has 0 saturated heterocycles. The van der Waals surface area contributed by atoms with E-state index < -0.39 is 11.0 Å². The van der Waals surface area contributed by atoms with E-state index in [9.17, 15) is 18.2 Å². The summed E-state index contributed by atoms with van der Waals surface area (Å²) in [5.41, 5.74) is 2.88. The number of nitrogens with one attached hydrogen (secondary N) is 3. The molecule has 0 radical (unpaired) electrons. The largest absolute Gasteiger partial charge is 0.354 e. The number of carbonyl (C=O) groups excluding carboxylic acids is 2. The zero-order valence-electron chi connectivity index (χ0n) is 22.9. The maximum absolute atomic E-state index is 12.3. The molecule has 1 aromatic carbocycles. The molecule has 0 aliphatic heterocycles. The summed E-state index contributed by atoms with van der Waals surface area (Å²) in [6.45, 7) is 23.0. The second-order valence-corrected chi connectivity index (χ2v) is 6.29. The van der Waals surface area contributed by atoms with E-state index in [-0.39, 0.29) is 19.2 Å². The van der Waals surface area contributed by atoms with Crippen LogP contribution in [0.2, 0.25) is 0 Å². The Labute approximate surface area is 216 Å². The van der Waals surface area contributed by atoms with Gasteiger partial charge in [-0.05, 0) is 42.3 Å². The summed E-state index contributed by atoms with van der Waals surface area (Å²) in [5, 5.41) is 2.76. The highest BCUT2D eigenvalue weighted by Crippen LogP contribution is 2.16. The number of aromatic nitrogens is 1. The number of hydrogen-bond acceptors (Lipinski definition) is 3. The number of benzene rings is 1. The van der Waals surface area contributed by atoms with E-state index in [4.69, 9.17) is 0 Å². The van der Waals surface area contributed by atoms with Gasteiger partial charge < -0.3 is 10.3 Å². The van der Waals surface area contributed by atoms with Gasteiger partial charge in [0.1, 0.15) is 5.69 Å². The lowest BCUT2D eigenvalue weighted by Crippen LogP contribution is -2.22. The lowest BCUT2D eigenvalue weighted by molar-refractivity contribution is -0.117. The van der Waals surface area contributed by atoms with Gasteiger partial charge >= 0.3 is 0 Å². The van der Waals surface area contributed by atoms with Crippen molar-refractivity contribution in [3.8, 4) is 0 Å². The Balaban J connectivity index is -0.000000242. The predicted octanol–water partition coefficient (Wildman–Crippen LogP) is 7.96. The Kier molecular flexibility index (Phi) is 35.5. The van der Waals surface area contributed by atoms with Gasteiger partial charge in [0, 0.05) is 18.3 Å². The average Bonchev–Trinajstić information content (AvgIpc) is 3.34. The molecule has 1 aromatic heterocycles. The number of alkyl halides is 1. The second-order valence-electron chi connectivity index (χ2n) is 5.08. The molecular weight excluding hydrogens is 465 g/mol. The van der Waals surface area contributed by atoms with Gasteiger partial charge in [-0.1, -0.05) is 82.4 Å². The van der Waals surface area contributed by atoms with Crippen LogP contribution in [0.15, 0.2) is 41.8 Å². The SMILES string of the molecule is C.C=Cc1cc(C(=O)Nc2ccc(S(=O)NC(C)=O)cc2)[nH]c1CC.CC.CC.CC.CC.CF. The molecule has 3 N–H and O–H groups in total. The minimum atomic E-state index is -1.60. The maximum Gasteiger partial charge on any atom is 0.272 e. The summed E-state index contributed by atoms with van der Waals surface area (Å²) in [5.74, 6) is -0.643. The first-order valence-electron chi connectivity index (χ1n) is 11.8.